The number of nitrogens with zero attached hydrogens (tertiary/aromatic N) is 2. The Balaban J connectivity index is 1.80. The summed E-state index contributed by atoms with van der Waals surface area (Å²) in [6, 6.07) is 4.18. The van der Waals surface area contributed by atoms with Crippen molar-refractivity contribution in [1.82, 2.24) is 9.88 Å². The standard InChI is InChI=1S/C17H22N2O2S/c1-11-5-13-6-15(20-4)7-14(17(13)21-11)8-19(3)9-16-12(2)18-10-22-16/h6-7,10-11H,5,8-9H2,1-4H3. The lowest BCUT2D eigenvalue weighted by molar-refractivity contribution is 0.245. The second-order valence-electron chi connectivity index (χ2n) is 5.94. The molecule has 0 saturated carbocycles. The van der Waals surface area contributed by atoms with Crippen LogP contribution in [0.1, 0.15) is 28.6 Å². The Morgan fingerprint density at radius 2 is 2.23 bits per heavy atom. The van der Waals surface area contributed by atoms with Crippen LogP contribution in [0.3, 0.4) is 0 Å². The minimum atomic E-state index is 0.245. The van der Waals surface area contributed by atoms with Gasteiger partial charge in [-0.05, 0) is 33.0 Å². The highest BCUT2D eigenvalue weighted by Gasteiger charge is 2.24. The third-order valence-electron chi connectivity index (χ3n) is 3.98. The smallest absolute Gasteiger partial charge is 0.127 e. The lowest BCUT2D eigenvalue weighted by Crippen LogP contribution is -2.18. The molecule has 2 heterocycles. The van der Waals surface area contributed by atoms with Crippen LogP contribution in [0.5, 0.6) is 11.5 Å². The van der Waals surface area contributed by atoms with Gasteiger partial charge in [0.15, 0.2) is 0 Å². The molecule has 0 amide bonds. The lowest BCUT2D eigenvalue weighted by Gasteiger charge is -2.19. The number of aryl methyl sites for hydroxylation is 1. The molecule has 0 bridgehead atoms. The maximum Gasteiger partial charge on any atom is 0.127 e. The van der Waals surface area contributed by atoms with E-state index in [1.807, 2.05) is 5.51 Å². The zero-order valence-corrected chi connectivity index (χ0v) is 14.4. The van der Waals surface area contributed by atoms with Crippen molar-refractivity contribution in [2.45, 2.75) is 39.5 Å². The highest BCUT2D eigenvalue weighted by molar-refractivity contribution is 7.09. The molecule has 3 rings (SSSR count). The molecule has 1 atom stereocenters. The lowest BCUT2D eigenvalue weighted by atomic mass is 10.1. The van der Waals surface area contributed by atoms with Gasteiger partial charge in [-0.25, -0.2) is 4.98 Å². The topological polar surface area (TPSA) is 34.6 Å². The molecule has 0 fully saturated rings. The van der Waals surface area contributed by atoms with Crippen molar-refractivity contribution in [2.75, 3.05) is 14.2 Å². The predicted octanol–water partition coefficient (Wildman–Crippen LogP) is 3.42. The van der Waals surface area contributed by atoms with E-state index in [1.54, 1.807) is 18.4 Å². The molecule has 1 aromatic heterocycles. The van der Waals surface area contributed by atoms with Crippen LogP contribution in [0.4, 0.5) is 0 Å². The molecule has 0 saturated heterocycles. The number of methoxy groups -OCH3 is 1. The second kappa shape index (κ2) is 6.26. The van der Waals surface area contributed by atoms with Gasteiger partial charge in [0.25, 0.3) is 0 Å². The van der Waals surface area contributed by atoms with Gasteiger partial charge in [-0.3, -0.25) is 4.90 Å². The second-order valence-corrected chi connectivity index (χ2v) is 6.88. The molecule has 1 aliphatic rings. The summed E-state index contributed by atoms with van der Waals surface area (Å²) in [7, 11) is 3.85. The molecule has 0 radical (unpaired) electrons. The fraction of sp³-hybridized carbons (Fsp3) is 0.471. The zero-order chi connectivity index (χ0) is 15.7. The quantitative estimate of drug-likeness (QED) is 0.846. The third-order valence-corrected chi connectivity index (χ3v) is 4.90. The molecule has 118 valence electrons. The molecule has 1 unspecified atom stereocenters. The first-order valence-electron chi connectivity index (χ1n) is 7.50. The molecular formula is C17H22N2O2S. The van der Waals surface area contributed by atoms with Gasteiger partial charge in [0.05, 0.1) is 18.3 Å². The number of benzene rings is 1. The Labute approximate surface area is 135 Å². The minimum Gasteiger partial charge on any atom is -0.497 e. The molecule has 1 aromatic carbocycles. The number of thiazole rings is 1. The van der Waals surface area contributed by atoms with E-state index in [9.17, 15) is 0 Å². The van der Waals surface area contributed by atoms with E-state index in [-0.39, 0.29) is 6.10 Å². The van der Waals surface area contributed by atoms with Crippen molar-refractivity contribution in [3.63, 3.8) is 0 Å². The number of rotatable bonds is 5. The fourth-order valence-electron chi connectivity index (χ4n) is 2.88. The van der Waals surface area contributed by atoms with Gasteiger partial charge in [0.1, 0.15) is 17.6 Å². The summed E-state index contributed by atoms with van der Waals surface area (Å²) < 4.78 is 11.4. The molecule has 5 heteroatoms. The molecule has 22 heavy (non-hydrogen) atoms. The van der Waals surface area contributed by atoms with E-state index in [1.165, 1.54) is 16.0 Å². The summed E-state index contributed by atoms with van der Waals surface area (Å²) in [5.74, 6) is 1.95. The van der Waals surface area contributed by atoms with Gasteiger partial charge >= 0.3 is 0 Å². The molecule has 0 aliphatic carbocycles. The van der Waals surface area contributed by atoms with Crippen molar-refractivity contribution >= 4 is 11.3 Å². The molecule has 4 nitrogen and oxygen atoms in total. The predicted molar refractivity (Wildman–Crippen MR) is 88.8 cm³/mol. The average molecular weight is 318 g/mol. The van der Waals surface area contributed by atoms with Gasteiger partial charge in [0, 0.05) is 35.5 Å². The maximum absolute atomic E-state index is 6.01. The Morgan fingerprint density at radius 1 is 1.41 bits per heavy atom. The van der Waals surface area contributed by atoms with E-state index >= 15 is 0 Å². The van der Waals surface area contributed by atoms with Crippen molar-refractivity contribution in [2.24, 2.45) is 0 Å². The van der Waals surface area contributed by atoms with E-state index in [2.05, 4.69) is 42.9 Å². The Hall–Kier alpha value is -1.59. The highest BCUT2D eigenvalue weighted by atomic mass is 32.1. The maximum atomic E-state index is 6.01. The van der Waals surface area contributed by atoms with Gasteiger partial charge in [0.2, 0.25) is 0 Å². The van der Waals surface area contributed by atoms with Crippen LogP contribution >= 0.6 is 11.3 Å². The van der Waals surface area contributed by atoms with Crippen LogP contribution in [0.25, 0.3) is 0 Å². The first-order valence-corrected chi connectivity index (χ1v) is 8.38. The number of ether oxygens (including phenoxy) is 2. The van der Waals surface area contributed by atoms with Crippen LogP contribution < -0.4 is 9.47 Å². The largest absolute Gasteiger partial charge is 0.497 e. The summed E-state index contributed by atoms with van der Waals surface area (Å²) >= 11 is 1.71. The first kappa shape index (κ1) is 15.3. The van der Waals surface area contributed by atoms with Gasteiger partial charge in [-0.2, -0.15) is 0 Å². The molecular weight excluding hydrogens is 296 g/mol. The van der Waals surface area contributed by atoms with Gasteiger partial charge < -0.3 is 9.47 Å². The minimum absolute atomic E-state index is 0.245. The summed E-state index contributed by atoms with van der Waals surface area (Å²) in [4.78, 5) is 7.93. The number of hydrogen-bond acceptors (Lipinski definition) is 5. The highest BCUT2D eigenvalue weighted by Crippen LogP contribution is 2.36. The van der Waals surface area contributed by atoms with E-state index in [0.29, 0.717) is 0 Å². The zero-order valence-electron chi connectivity index (χ0n) is 13.5. The van der Waals surface area contributed by atoms with E-state index < -0.39 is 0 Å². The molecule has 1 aliphatic heterocycles. The fourth-order valence-corrected chi connectivity index (χ4v) is 3.74. The summed E-state index contributed by atoms with van der Waals surface area (Å²) in [6.07, 6.45) is 1.20. The van der Waals surface area contributed by atoms with Crippen molar-refractivity contribution in [3.8, 4) is 11.5 Å². The van der Waals surface area contributed by atoms with Crippen LogP contribution in [-0.2, 0) is 19.5 Å². The number of aromatic nitrogens is 1. The Morgan fingerprint density at radius 3 is 2.91 bits per heavy atom. The number of fused-ring (bicyclic) bond motifs is 1. The molecule has 0 spiro atoms. The van der Waals surface area contributed by atoms with E-state index in [4.69, 9.17) is 9.47 Å². The monoisotopic (exact) mass is 318 g/mol. The Bertz CT molecular complexity index is 669. The first-order chi connectivity index (χ1) is 10.6. The van der Waals surface area contributed by atoms with Crippen LogP contribution in [0.2, 0.25) is 0 Å². The number of hydrogen-bond donors (Lipinski definition) is 0. The SMILES string of the molecule is COc1cc2c(c(CN(C)Cc3scnc3C)c1)OC(C)C2. The van der Waals surface area contributed by atoms with Crippen molar-refractivity contribution in [3.05, 3.63) is 39.3 Å². The van der Waals surface area contributed by atoms with Crippen LogP contribution in [-0.4, -0.2) is 30.1 Å². The van der Waals surface area contributed by atoms with Crippen LogP contribution in [0, 0.1) is 6.92 Å². The average Bonchev–Trinajstić information content (AvgIpc) is 3.04. The van der Waals surface area contributed by atoms with Crippen molar-refractivity contribution < 1.29 is 9.47 Å². The van der Waals surface area contributed by atoms with E-state index in [0.717, 1.165) is 36.7 Å². The summed E-state index contributed by atoms with van der Waals surface area (Å²) in [5, 5.41) is 0. The summed E-state index contributed by atoms with van der Waals surface area (Å²) in [6.45, 7) is 5.91. The van der Waals surface area contributed by atoms with Gasteiger partial charge in [-0.1, -0.05) is 0 Å². The molecule has 2 aromatic rings. The summed E-state index contributed by atoms with van der Waals surface area (Å²) in [5.41, 5.74) is 5.48. The normalized spacial score (nSPS) is 16.7. The Kier molecular flexibility index (Phi) is 4.36. The van der Waals surface area contributed by atoms with Crippen LogP contribution in [0.15, 0.2) is 17.6 Å². The van der Waals surface area contributed by atoms with Crippen molar-refractivity contribution in [1.29, 1.82) is 0 Å². The third kappa shape index (κ3) is 3.10. The van der Waals surface area contributed by atoms with Gasteiger partial charge in [-0.15, -0.1) is 11.3 Å². The molecule has 0 N–H and O–H groups in total.